The molecule has 1 unspecified atom stereocenters. The van der Waals surface area contributed by atoms with E-state index in [9.17, 15) is 4.79 Å². The van der Waals surface area contributed by atoms with Crippen LogP contribution in [0.2, 0.25) is 0 Å². The van der Waals surface area contributed by atoms with Gasteiger partial charge in [-0.05, 0) is 37.5 Å². The number of nitrogens with one attached hydrogen (secondary N) is 1. The molecule has 2 heterocycles. The maximum Gasteiger partial charge on any atom is 0.223 e. The van der Waals surface area contributed by atoms with E-state index in [4.69, 9.17) is 0 Å². The Morgan fingerprint density at radius 1 is 1.32 bits per heavy atom. The van der Waals surface area contributed by atoms with Crippen LogP contribution in [0, 0.1) is 13.8 Å². The molecule has 0 saturated heterocycles. The lowest BCUT2D eigenvalue weighted by atomic mass is 9.95. The molecule has 0 spiro atoms. The number of hydrogen-bond acceptors (Lipinski definition) is 3. The molecule has 0 bridgehead atoms. The van der Waals surface area contributed by atoms with Gasteiger partial charge in [-0.3, -0.25) is 9.89 Å². The van der Waals surface area contributed by atoms with E-state index >= 15 is 0 Å². The van der Waals surface area contributed by atoms with Crippen LogP contribution < -0.4 is 0 Å². The summed E-state index contributed by atoms with van der Waals surface area (Å²) in [6.07, 6.45) is 0.460. The highest BCUT2D eigenvalue weighted by Gasteiger charge is 2.20. The number of carbonyl (C=O) groups excluding carboxylic acids is 1. The number of aromatic amines is 1. The molecule has 0 aliphatic heterocycles. The van der Waals surface area contributed by atoms with Gasteiger partial charge in [0.1, 0.15) is 5.82 Å². The first kappa shape index (κ1) is 17.2. The lowest BCUT2D eigenvalue weighted by Crippen LogP contribution is -2.28. The zero-order valence-electron chi connectivity index (χ0n) is 15.5. The second kappa shape index (κ2) is 6.70. The second-order valence-corrected chi connectivity index (χ2v) is 6.78. The fourth-order valence-electron chi connectivity index (χ4n) is 3.44. The van der Waals surface area contributed by atoms with Crippen LogP contribution in [0.5, 0.6) is 0 Å². The van der Waals surface area contributed by atoms with E-state index in [1.165, 1.54) is 0 Å². The van der Waals surface area contributed by atoms with Crippen LogP contribution in [-0.4, -0.2) is 37.6 Å². The first-order valence-corrected chi connectivity index (χ1v) is 8.54. The standard InChI is InChI=1S/C19H25N5O/c1-12(19-13(2)21-22-14(19)3)10-18(25)23(4)11-17-20-15-8-6-7-9-16(15)24(17)5/h6-9,12H,10-11H2,1-5H3,(H,21,22). The summed E-state index contributed by atoms with van der Waals surface area (Å²) in [7, 11) is 3.83. The van der Waals surface area contributed by atoms with E-state index in [1.54, 1.807) is 4.90 Å². The lowest BCUT2D eigenvalue weighted by molar-refractivity contribution is -0.130. The van der Waals surface area contributed by atoms with Crippen molar-refractivity contribution >= 4 is 16.9 Å². The summed E-state index contributed by atoms with van der Waals surface area (Å²) < 4.78 is 2.05. The Morgan fingerprint density at radius 3 is 2.68 bits per heavy atom. The van der Waals surface area contributed by atoms with Gasteiger partial charge >= 0.3 is 0 Å². The number of imidazole rings is 1. The highest BCUT2D eigenvalue weighted by Crippen LogP contribution is 2.25. The van der Waals surface area contributed by atoms with E-state index in [2.05, 4.69) is 22.1 Å². The molecule has 6 heteroatoms. The Morgan fingerprint density at radius 2 is 2.04 bits per heavy atom. The van der Waals surface area contributed by atoms with Crippen LogP contribution in [0.15, 0.2) is 24.3 Å². The predicted molar refractivity (Wildman–Crippen MR) is 98.3 cm³/mol. The highest BCUT2D eigenvalue weighted by atomic mass is 16.2. The molecule has 3 rings (SSSR count). The monoisotopic (exact) mass is 339 g/mol. The average molecular weight is 339 g/mol. The van der Waals surface area contributed by atoms with Gasteiger partial charge in [0.25, 0.3) is 0 Å². The summed E-state index contributed by atoms with van der Waals surface area (Å²) in [6, 6.07) is 8.01. The van der Waals surface area contributed by atoms with Crippen LogP contribution in [-0.2, 0) is 18.4 Å². The number of amides is 1. The SMILES string of the molecule is Cc1n[nH]c(C)c1C(C)CC(=O)N(C)Cc1nc2ccccc2n1C. The van der Waals surface area contributed by atoms with Crippen LogP contribution in [0.3, 0.4) is 0 Å². The Bertz CT molecular complexity index is 888. The molecule has 6 nitrogen and oxygen atoms in total. The summed E-state index contributed by atoms with van der Waals surface area (Å²) in [5.74, 6) is 1.13. The molecule has 132 valence electrons. The van der Waals surface area contributed by atoms with Crippen molar-refractivity contribution in [3.8, 4) is 0 Å². The summed E-state index contributed by atoms with van der Waals surface area (Å²) in [4.78, 5) is 19.1. The molecule has 1 aromatic carbocycles. The molecule has 0 radical (unpaired) electrons. The number of aryl methyl sites for hydroxylation is 3. The third-order valence-corrected chi connectivity index (χ3v) is 4.84. The first-order valence-electron chi connectivity index (χ1n) is 8.54. The van der Waals surface area contributed by atoms with Crippen molar-refractivity contribution in [2.24, 2.45) is 7.05 Å². The Hall–Kier alpha value is -2.63. The zero-order valence-corrected chi connectivity index (χ0v) is 15.5. The average Bonchev–Trinajstić information content (AvgIpc) is 3.07. The molecule has 3 aromatic rings. The van der Waals surface area contributed by atoms with Gasteiger partial charge in [0.05, 0.1) is 23.3 Å². The zero-order chi connectivity index (χ0) is 18.1. The number of hydrogen-bond donors (Lipinski definition) is 1. The number of H-pyrrole nitrogens is 1. The van der Waals surface area contributed by atoms with Crippen molar-refractivity contribution in [3.05, 3.63) is 47.0 Å². The minimum absolute atomic E-state index is 0.111. The van der Waals surface area contributed by atoms with Crippen LogP contribution >= 0.6 is 0 Å². The largest absolute Gasteiger partial charge is 0.338 e. The van der Waals surface area contributed by atoms with Gasteiger partial charge in [0, 0.05) is 26.2 Å². The quantitative estimate of drug-likeness (QED) is 0.777. The topological polar surface area (TPSA) is 66.8 Å². The molecular formula is C19H25N5O. The fraction of sp³-hybridized carbons (Fsp3) is 0.421. The molecule has 25 heavy (non-hydrogen) atoms. The smallest absolute Gasteiger partial charge is 0.223 e. The van der Waals surface area contributed by atoms with E-state index in [-0.39, 0.29) is 11.8 Å². The molecule has 0 saturated carbocycles. The maximum atomic E-state index is 12.7. The van der Waals surface area contributed by atoms with E-state index < -0.39 is 0 Å². The first-order chi connectivity index (χ1) is 11.9. The van der Waals surface area contributed by atoms with Crippen molar-refractivity contribution in [2.45, 2.75) is 39.7 Å². The third kappa shape index (κ3) is 3.29. The molecule has 0 aliphatic carbocycles. The van der Waals surface area contributed by atoms with Gasteiger partial charge in [0.2, 0.25) is 5.91 Å². The fourth-order valence-corrected chi connectivity index (χ4v) is 3.44. The Kier molecular flexibility index (Phi) is 4.61. The molecule has 1 amide bonds. The molecule has 1 atom stereocenters. The number of rotatable bonds is 5. The van der Waals surface area contributed by atoms with Gasteiger partial charge in [-0.2, -0.15) is 5.10 Å². The van der Waals surface area contributed by atoms with Crippen molar-refractivity contribution in [3.63, 3.8) is 0 Å². The number of para-hydroxylation sites is 2. The summed E-state index contributed by atoms with van der Waals surface area (Å²) in [6.45, 7) is 6.55. The van der Waals surface area contributed by atoms with Gasteiger partial charge in [-0.1, -0.05) is 19.1 Å². The van der Waals surface area contributed by atoms with Crippen molar-refractivity contribution < 1.29 is 4.79 Å². The van der Waals surface area contributed by atoms with E-state index in [1.807, 2.05) is 56.8 Å². The molecule has 2 aromatic heterocycles. The van der Waals surface area contributed by atoms with Crippen LogP contribution in [0.25, 0.3) is 11.0 Å². The number of benzene rings is 1. The Labute approximate surface area is 147 Å². The number of aromatic nitrogens is 4. The van der Waals surface area contributed by atoms with E-state index in [0.29, 0.717) is 13.0 Å². The van der Waals surface area contributed by atoms with Crippen LogP contribution in [0.4, 0.5) is 0 Å². The second-order valence-electron chi connectivity index (χ2n) is 6.78. The minimum atomic E-state index is 0.111. The molecular weight excluding hydrogens is 314 g/mol. The van der Waals surface area contributed by atoms with Crippen molar-refractivity contribution in [1.82, 2.24) is 24.6 Å². The summed E-state index contributed by atoms with van der Waals surface area (Å²) in [5.41, 5.74) is 5.19. The molecule has 0 aliphatic rings. The van der Waals surface area contributed by atoms with Crippen LogP contribution in [0.1, 0.15) is 42.0 Å². The maximum absolute atomic E-state index is 12.7. The Balaban J connectivity index is 1.71. The van der Waals surface area contributed by atoms with Gasteiger partial charge < -0.3 is 9.47 Å². The number of nitrogens with zero attached hydrogens (tertiary/aromatic N) is 4. The lowest BCUT2D eigenvalue weighted by Gasteiger charge is -2.20. The summed E-state index contributed by atoms with van der Waals surface area (Å²) >= 11 is 0. The van der Waals surface area contributed by atoms with Gasteiger partial charge in [0.15, 0.2) is 0 Å². The number of carbonyl (C=O) groups is 1. The van der Waals surface area contributed by atoms with Gasteiger partial charge in [-0.25, -0.2) is 4.98 Å². The predicted octanol–water partition coefficient (Wildman–Crippen LogP) is 3.07. The number of fused-ring (bicyclic) bond motifs is 1. The molecule has 1 N–H and O–H groups in total. The third-order valence-electron chi connectivity index (χ3n) is 4.84. The van der Waals surface area contributed by atoms with Crippen molar-refractivity contribution in [2.75, 3.05) is 7.05 Å². The van der Waals surface area contributed by atoms with E-state index in [0.717, 1.165) is 33.8 Å². The normalized spacial score (nSPS) is 12.5. The van der Waals surface area contributed by atoms with Gasteiger partial charge in [-0.15, -0.1) is 0 Å². The summed E-state index contributed by atoms with van der Waals surface area (Å²) in [5, 5.41) is 7.22. The minimum Gasteiger partial charge on any atom is -0.338 e. The molecule has 0 fully saturated rings. The van der Waals surface area contributed by atoms with Crippen molar-refractivity contribution in [1.29, 1.82) is 0 Å². The highest BCUT2D eigenvalue weighted by molar-refractivity contribution is 5.78.